The van der Waals surface area contributed by atoms with Crippen molar-refractivity contribution in [2.45, 2.75) is 0 Å². The van der Waals surface area contributed by atoms with Gasteiger partial charge in [-0.2, -0.15) is 8.75 Å². The second kappa shape index (κ2) is 5.06. The van der Waals surface area contributed by atoms with Gasteiger partial charge in [-0.05, 0) is 30.3 Å². The van der Waals surface area contributed by atoms with E-state index in [1.807, 2.05) is 24.3 Å². The molecule has 0 aliphatic rings. The fraction of sp³-hybridized carbons (Fsp3) is 0. The van der Waals surface area contributed by atoms with Gasteiger partial charge in [0.15, 0.2) is 5.13 Å². The third-order valence-corrected chi connectivity index (χ3v) is 5.00. The molecule has 0 bridgehead atoms. The van der Waals surface area contributed by atoms with Gasteiger partial charge in [-0.25, -0.2) is 4.98 Å². The zero-order valence-electron chi connectivity index (χ0n) is 10.3. The zero-order valence-corrected chi connectivity index (χ0v) is 13.4. The predicted molar refractivity (Wildman–Crippen MR) is 90.3 cm³/mol. The van der Waals surface area contributed by atoms with Gasteiger partial charge in [-0.1, -0.05) is 34.5 Å². The highest BCUT2D eigenvalue weighted by molar-refractivity contribution is 7.22. The highest BCUT2D eigenvalue weighted by Gasteiger charge is 2.12. The summed E-state index contributed by atoms with van der Waals surface area (Å²) in [4.78, 5) is 4.52. The smallest absolute Gasteiger partial charge is 0.188 e. The average Bonchev–Trinajstić information content (AvgIpc) is 3.07. The van der Waals surface area contributed by atoms with Crippen LogP contribution in [-0.2, 0) is 0 Å². The van der Waals surface area contributed by atoms with Crippen LogP contribution < -0.4 is 5.32 Å². The molecule has 0 saturated heterocycles. The molecule has 0 saturated carbocycles. The van der Waals surface area contributed by atoms with Gasteiger partial charge in [0, 0.05) is 5.02 Å². The van der Waals surface area contributed by atoms with Crippen molar-refractivity contribution in [3.63, 3.8) is 0 Å². The average molecular weight is 353 g/mol. The van der Waals surface area contributed by atoms with Crippen LogP contribution in [0.15, 0.2) is 30.3 Å². The lowest BCUT2D eigenvalue weighted by Gasteiger charge is -2.05. The van der Waals surface area contributed by atoms with E-state index in [1.54, 1.807) is 6.07 Å². The van der Waals surface area contributed by atoms with Gasteiger partial charge in [0.2, 0.25) is 0 Å². The van der Waals surface area contributed by atoms with Crippen LogP contribution in [-0.4, -0.2) is 13.7 Å². The number of rotatable bonds is 2. The monoisotopic (exact) mass is 352 g/mol. The molecule has 0 aliphatic heterocycles. The second-order valence-corrected chi connectivity index (χ2v) is 6.71. The maximum Gasteiger partial charge on any atom is 0.188 e. The molecule has 0 amide bonds. The van der Waals surface area contributed by atoms with Crippen LogP contribution >= 0.6 is 46.3 Å². The van der Waals surface area contributed by atoms with E-state index in [0.717, 1.165) is 43.8 Å². The minimum Gasteiger partial charge on any atom is -0.328 e. The Morgan fingerprint density at radius 2 is 1.90 bits per heavy atom. The summed E-state index contributed by atoms with van der Waals surface area (Å²) in [5, 5.41) is 5.25. The molecule has 0 atom stereocenters. The second-order valence-electron chi connectivity index (χ2n) is 4.31. The van der Waals surface area contributed by atoms with Gasteiger partial charge in [0.1, 0.15) is 11.0 Å². The van der Waals surface area contributed by atoms with E-state index in [1.165, 1.54) is 11.3 Å². The molecule has 0 unspecified atom stereocenters. The Balaban J connectivity index is 1.82. The van der Waals surface area contributed by atoms with E-state index in [4.69, 9.17) is 23.2 Å². The topological polar surface area (TPSA) is 50.7 Å². The number of benzene rings is 2. The molecule has 0 spiro atoms. The molecular weight excluding hydrogens is 347 g/mol. The van der Waals surface area contributed by atoms with Crippen molar-refractivity contribution in [2.24, 2.45) is 0 Å². The quantitative estimate of drug-likeness (QED) is 0.528. The number of thiazole rings is 1. The van der Waals surface area contributed by atoms with Crippen molar-refractivity contribution in [2.75, 3.05) is 5.32 Å². The van der Waals surface area contributed by atoms with Gasteiger partial charge in [-0.15, -0.1) is 0 Å². The van der Waals surface area contributed by atoms with Crippen molar-refractivity contribution in [1.82, 2.24) is 13.7 Å². The van der Waals surface area contributed by atoms with Crippen LogP contribution in [0.5, 0.6) is 0 Å². The summed E-state index contributed by atoms with van der Waals surface area (Å²) < 4.78 is 9.55. The normalized spacial score (nSPS) is 11.3. The predicted octanol–water partition coefficient (Wildman–Crippen LogP) is 5.35. The number of hydrogen-bond acceptors (Lipinski definition) is 6. The first-order valence-corrected chi connectivity index (χ1v) is 8.25. The van der Waals surface area contributed by atoms with Crippen molar-refractivity contribution in [1.29, 1.82) is 0 Å². The fourth-order valence-corrected chi connectivity index (χ4v) is 3.77. The van der Waals surface area contributed by atoms with Crippen molar-refractivity contribution < 1.29 is 0 Å². The summed E-state index contributed by atoms with van der Waals surface area (Å²) in [5.74, 6) is 0. The highest BCUT2D eigenvalue weighted by atomic mass is 35.5. The third-order valence-electron chi connectivity index (χ3n) is 2.96. The number of fused-ring (bicyclic) bond motifs is 2. The molecule has 0 radical (unpaired) electrons. The Morgan fingerprint density at radius 3 is 2.81 bits per heavy atom. The minimum atomic E-state index is 0.590. The van der Waals surface area contributed by atoms with Crippen LogP contribution in [0.25, 0.3) is 21.3 Å². The Labute approximate surface area is 137 Å². The summed E-state index contributed by atoms with van der Waals surface area (Å²) in [6, 6.07) is 9.30. The first kappa shape index (κ1) is 13.2. The lowest BCUT2D eigenvalue weighted by atomic mass is 10.2. The standard InChI is InChI=1S/C13H6Cl2N4S2/c14-6-1-4-10-9(5-6)16-13(20-10)17-11-7(15)2-3-8-12(11)19-21-18-8/h1-5H,(H,16,17). The number of nitrogens with zero attached hydrogens (tertiary/aromatic N) is 3. The molecule has 2 heterocycles. The Morgan fingerprint density at radius 1 is 1.00 bits per heavy atom. The molecule has 8 heteroatoms. The zero-order chi connectivity index (χ0) is 14.4. The van der Waals surface area contributed by atoms with E-state index < -0.39 is 0 Å². The first-order chi connectivity index (χ1) is 10.2. The highest BCUT2D eigenvalue weighted by Crippen LogP contribution is 2.35. The molecule has 2 aromatic carbocycles. The van der Waals surface area contributed by atoms with Crippen LogP contribution in [0.2, 0.25) is 10.0 Å². The van der Waals surface area contributed by atoms with Crippen LogP contribution in [0.1, 0.15) is 0 Å². The van der Waals surface area contributed by atoms with Crippen LogP contribution in [0.3, 0.4) is 0 Å². The first-order valence-electron chi connectivity index (χ1n) is 5.94. The van der Waals surface area contributed by atoms with Crippen molar-refractivity contribution in [3.8, 4) is 0 Å². The largest absolute Gasteiger partial charge is 0.328 e. The number of halogens is 2. The summed E-state index contributed by atoms with van der Waals surface area (Å²) in [5.41, 5.74) is 3.16. The summed E-state index contributed by atoms with van der Waals surface area (Å²) in [7, 11) is 0. The molecule has 4 rings (SSSR count). The molecule has 21 heavy (non-hydrogen) atoms. The van der Waals surface area contributed by atoms with Gasteiger partial charge in [0.25, 0.3) is 0 Å². The summed E-state index contributed by atoms with van der Waals surface area (Å²) in [6.07, 6.45) is 0. The number of anilines is 2. The molecular formula is C13H6Cl2N4S2. The number of aromatic nitrogens is 3. The van der Waals surface area contributed by atoms with E-state index in [-0.39, 0.29) is 0 Å². The number of hydrogen-bond donors (Lipinski definition) is 1. The van der Waals surface area contributed by atoms with Crippen molar-refractivity contribution >= 4 is 78.3 Å². The van der Waals surface area contributed by atoms with E-state index in [9.17, 15) is 0 Å². The molecule has 0 aliphatic carbocycles. The molecule has 2 aromatic heterocycles. The van der Waals surface area contributed by atoms with E-state index in [0.29, 0.717) is 10.0 Å². The fourth-order valence-electron chi connectivity index (χ4n) is 2.01. The van der Waals surface area contributed by atoms with Gasteiger partial charge < -0.3 is 5.32 Å². The Kier molecular flexibility index (Phi) is 3.19. The Hall–Kier alpha value is -1.47. The summed E-state index contributed by atoms with van der Waals surface area (Å²) in [6.45, 7) is 0. The van der Waals surface area contributed by atoms with Gasteiger partial charge in [-0.3, -0.25) is 0 Å². The Bertz CT molecular complexity index is 963. The third kappa shape index (κ3) is 2.34. The van der Waals surface area contributed by atoms with E-state index in [2.05, 4.69) is 19.0 Å². The van der Waals surface area contributed by atoms with Gasteiger partial charge >= 0.3 is 0 Å². The van der Waals surface area contributed by atoms with Gasteiger partial charge in [0.05, 0.1) is 32.7 Å². The van der Waals surface area contributed by atoms with Crippen LogP contribution in [0.4, 0.5) is 10.8 Å². The lowest BCUT2D eigenvalue weighted by Crippen LogP contribution is -1.91. The SMILES string of the molecule is Clc1ccc2sc(Nc3c(Cl)ccc4nsnc34)nc2c1. The molecule has 1 N–H and O–H groups in total. The lowest BCUT2D eigenvalue weighted by molar-refractivity contribution is 1.45. The number of nitrogens with one attached hydrogen (secondary N) is 1. The summed E-state index contributed by atoms with van der Waals surface area (Å²) >= 11 is 14.9. The molecule has 104 valence electrons. The maximum absolute atomic E-state index is 6.26. The van der Waals surface area contributed by atoms with Crippen LogP contribution in [0, 0.1) is 0 Å². The molecule has 4 nitrogen and oxygen atoms in total. The van der Waals surface area contributed by atoms with E-state index >= 15 is 0 Å². The minimum absolute atomic E-state index is 0.590. The van der Waals surface area contributed by atoms with Crippen molar-refractivity contribution in [3.05, 3.63) is 40.4 Å². The molecule has 0 fully saturated rings. The maximum atomic E-state index is 6.26. The molecule has 4 aromatic rings.